The summed E-state index contributed by atoms with van der Waals surface area (Å²) in [5.41, 5.74) is 6.20. The predicted octanol–water partition coefficient (Wildman–Crippen LogP) is 2.82. The molecule has 0 aromatic heterocycles. The Morgan fingerprint density at radius 3 is 2.14 bits per heavy atom. The minimum Gasteiger partial charge on any atom is -0.339 e. The number of nitrogens with zero attached hydrogens (tertiary/aromatic N) is 2. The lowest BCUT2D eigenvalue weighted by Gasteiger charge is -2.45. The number of amides is 2. The fraction of sp³-hybridized carbons (Fsp3) is 0.619. The maximum Gasteiger partial charge on any atom is 0.256 e. The van der Waals surface area contributed by atoms with Gasteiger partial charge < -0.3 is 15.5 Å². The number of fused-ring (bicyclic) bond motifs is 2. The number of hydrogen-bond donors (Lipinski definition) is 1. The third kappa shape index (κ3) is 4.40. The zero-order valence-corrected chi connectivity index (χ0v) is 17.2. The predicted molar refractivity (Wildman–Crippen MR) is 108 cm³/mol. The summed E-state index contributed by atoms with van der Waals surface area (Å²) < 4.78 is 26.9. The van der Waals surface area contributed by atoms with Crippen molar-refractivity contribution in [2.75, 3.05) is 26.2 Å². The number of hydrogen-bond acceptors (Lipinski definition) is 3. The summed E-state index contributed by atoms with van der Waals surface area (Å²) in [7, 11) is 0. The monoisotopic (exact) mass is 427 g/mol. The standard InChI is InChI=1S/C21H27F2N3O2.ClH/c22-16-4-5-17(18(23)12-16)21(28)26-8-6-25(7-9-26)20(27)15-10-13-2-1-3-14(11-15)19(13)24;/h4-5,12-15,19H,1-3,6-11,24H2;1H. The SMILES string of the molecule is Cl.NC1C2CCCC1CC(C(=O)N1CCN(C(=O)c3ccc(F)cc3F)CC1)C2. The molecule has 2 atom stereocenters. The van der Waals surface area contributed by atoms with Gasteiger partial charge in [-0.2, -0.15) is 0 Å². The minimum atomic E-state index is -0.853. The molecule has 160 valence electrons. The lowest BCUT2D eigenvalue weighted by molar-refractivity contribution is -0.140. The molecule has 3 aliphatic rings. The molecule has 0 spiro atoms. The molecule has 3 fully saturated rings. The normalized spacial score (nSPS) is 29.2. The summed E-state index contributed by atoms with van der Waals surface area (Å²) in [5.74, 6) is -0.912. The molecule has 2 bridgehead atoms. The Labute approximate surface area is 176 Å². The van der Waals surface area contributed by atoms with E-state index in [2.05, 4.69) is 0 Å². The Hall–Kier alpha value is -1.73. The van der Waals surface area contributed by atoms with Gasteiger partial charge in [-0.25, -0.2) is 8.78 Å². The van der Waals surface area contributed by atoms with Crippen LogP contribution in [0.5, 0.6) is 0 Å². The van der Waals surface area contributed by atoms with Crippen LogP contribution in [0.25, 0.3) is 0 Å². The van der Waals surface area contributed by atoms with E-state index in [1.807, 2.05) is 4.90 Å². The summed E-state index contributed by atoms with van der Waals surface area (Å²) in [6.45, 7) is 1.62. The molecule has 2 aliphatic carbocycles. The van der Waals surface area contributed by atoms with E-state index in [1.165, 1.54) is 17.4 Å². The lowest BCUT2D eigenvalue weighted by Crippen LogP contribution is -2.54. The van der Waals surface area contributed by atoms with Gasteiger partial charge in [0.25, 0.3) is 5.91 Å². The van der Waals surface area contributed by atoms with Crippen molar-refractivity contribution in [3.8, 4) is 0 Å². The van der Waals surface area contributed by atoms with Gasteiger partial charge in [-0.1, -0.05) is 6.42 Å². The highest BCUT2D eigenvalue weighted by molar-refractivity contribution is 5.94. The zero-order chi connectivity index (χ0) is 19.8. The molecule has 1 heterocycles. The molecule has 2 unspecified atom stereocenters. The Morgan fingerprint density at radius 2 is 1.55 bits per heavy atom. The number of halogens is 3. The van der Waals surface area contributed by atoms with Gasteiger partial charge in [0, 0.05) is 44.2 Å². The number of nitrogens with two attached hydrogens (primary N) is 1. The maximum absolute atomic E-state index is 13.9. The molecular weight excluding hydrogens is 400 g/mol. The van der Waals surface area contributed by atoms with Crippen LogP contribution in [0.15, 0.2) is 18.2 Å². The highest BCUT2D eigenvalue weighted by Gasteiger charge is 2.42. The van der Waals surface area contributed by atoms with Crippen molar-refractivity contribution in [1.29, 1.82) is 0 Å². The molecule has 29 heavy (non-hydrogen) atoms. The quantitative estimate of drug-likeness (QED) is 0.789. The average Bonchev–Trinajstić information content (AvgIpc) is 2.67. The number of piperazine rings is 1. The molecule has 0 radical (unpaired) electrons. The van der Waals surface area contributed by atoms with Crippen molar-refractivity contribution >= 4 is 24.2 Å². The van der Waals surface area contributed by atoms with Crippen LogP contribution in [0.3, 0.4) is 0 Å². The fourth-order valence-electron chi connectivity index (χ4n) is 5.21. The Morgan fingerprint density at radius 1 is 0.966 bits per heavy atom. The van der Waals surface area contributed by atoms with Crippen molar-refractivity contribution in [2.45, 2.75) is 38.1 Å². The first kappa shape index (κ1) is 22.0. The first-order valence-electron chi connectivity index (χ1n) is 10.2. The van der Waals surface area contributed by atoms with Crippen LogP contribution >= 0.6 is 12.4 Å². The first-order valence-corrected chi connectivity index (χ1v) is 10.2. The molecule has 5 nitrogen and oxygen atoms in total. The van der Waals surface area contributed by atoms with Gasteiger partial charge in [0.15, 0.2) is 0 Å². The van der Waals surface area contributed by atoms with Crippen LogP contribution in [0.4, 0.5) is 8.78 Å². The van der Waals surface area contributed by atoms with Crippen molar-refractivity contribution in [2.24, 2.45) is 23.5 Å². The molecule has 2 amide bonds. The van der Waals surface area contributed by atoms with Crippen LogP contribution in [-0.4, -0.2) is 53.8 Å². The first-order chi connectivity index (χ1) is 13.4. The molecule has 8 heteroatoms. The molecule has 4 rings (SSSR count). The topological polar surface area (TPSA) is 66.6 Å². The van der Waals surface area contributed by atoms with Gasteiger partial charge in [-0.3, -0.25) is 9.59 Å². The van der Waals surface area contributed by atoms with Gasteiger partial charge in [-0.15, -0.1) is 12.4 Å². The van der Waals surface area contributed by atoms with E-state index < -0.39 is 17.5 Å². The summed E-state index contributed by atoms with van der Waals surface area (Å²) in [6, 6.07) is 3.21. The van der Waals surface area contributed by atoms with Crippen LogP contribution in [0.2, 0.25) is 0 Å². The molecule has 2 saturated carbocycles. The minimum absolute atomic E-state index is 0. The maximum atomic E-state index is 13.9. The molecule has 2 N–H and O–H groups in total. The van der Waals surface area contributed by atoms with Crippen molar-refractivity contribution in [1.82, 2.24) is 9.80 Å². The van der Waals surface area contributed by atoms with E-state index in [9.17, 15) is 18.4 Å². The summed E-state index contributed by atoms with van der Waals surface area (Å²) in [6.07, 6.45) is 5.19. The second-order valence-corrected chi connectivity index (χ2v) is 8.44. The Bertz CT molecular complexity index is 756. The second kappa shape index (κ2) is 8.96. The largest absolute Gasteiger partial charge is 0.339 e. The summed E-state index contributed by atoms with van der Waals surface area (Å²) in [5, 5.41) is 0. The van der Waals surface area contributed by atoms with Crippen molar-refractivity contribution in [3.63, 3.8) is 0 Å². The molecule has 1 aromatic carbocycles. The third-order valence-corrected chi connectivity index (χ3v) is 6.80. The summed E-state index contributed by atoms with van der Waals surface area (Å²) in [4.78, 5) is 28.9. The van der Waals surface area contributed by atoms with Crippen LogP contribution in [0, 0.1) is 29.4 Å². The molecule has 1 aliphatic heterocycles. The Balaban J connectivity index is 0.00000240. The molecule has 1 saturated heterocycles. The Kier molecular flexibility index (Phi) is 6.79. The smallest absolute Gasteiger partial charge is 0.256 e. The zero-order valence-electron chi connectivity index (χ0n) is 16.4. The average molecular weight is 428 g/mol. The van der Waals surface area contributed by atoms with E-state index in [4.69, 9.17) is 5.73 Å². The number of benzene rings is 1. The van der Waals surface area contributed by atoms with E-state index in [0.29, 0.717) is 38.0 Å². The van der Waals surface area contributed by atoms with Gasteiger partial charge in [0.2, 0.25) is 5.91 Å². The van der Waals surface area contributed by atoms with E-state index in [1.54, 1.807) is 0 Å². The van der Waals surface area contributed by atoms with Gasteiger partial charge in [-0.05, 0) is 49.7 Å². The summed E-state index contributed by atoms with van der Waals surface area (Å²) >= 11 is 0. The van der Waals surface area contributed by atoms with E-state index >= 15 is 0 Å². The van der Waals surface area contributed by atoms with Gasteiger partial charge in [0.1, 0.15) is 11.6 Å². The second-order valence-electron chi connectivity index (χ2n) is 8.44. The number of rotatable bonds is 2. The van der Waals surface area contributed by atoms with E-state index in [-0.39, 0.29) is 35.8 Å². The van der Waals surface area contributed by atoms with Crippen LogP contribution < -0.4 is 5.73 Å². The fourth-order valence-corrected chi connectivity index (χ4v) is 5.21. The highest BCUT2D eigenvalue weighted by Crippen LogP contribution is 2.42. The third-order valence-electron chi connectivity index (χ3n) is 6.80. The van der Waals surface area contributed by atoms with Crippen molar-refractivity contribution in [3.05, 3.63) is 35.4 Å². The molecule has 1 aromatic rings. The van der Waals surface area contributed by atoms with E-state index in [0.717, 1.165) is 37.8 Å². The van der Waals surface area contributed by atoms with Crippen molar-refractivity contribution < 1.29 is 18.4 Å². The van der Waals surface area contributed by atoms with Crippen LogP contribution in [0.1, 0.15) is 42.5 Å². The lowest BCUT2D eigenvalue weighted by atomic mass is 9.65. The number of carbonyl (C=O) groups is 2. The van der Waals surface area contributed by atoms with Gasteiger partial charge in [0.05, 0.1) is 5.56 Å². The van der Waals surface area contributed by atoms with Crippen LogP contribution in [-0.2, 0) is 4.79 Å². The molecular formula is C21H28ClF2N3O2. The van der Waals surface area contributed by atoms with Gasteiger partial charge >= 0.3 is 0 Å². The highest BCUT2D eigenvalue weighted by atomic mass is 35.5. The number of carbonyl (C=O) groups excluding carboxylic acids is 2.